The number of ether oxygens (including phenoxy) is 1. The fraction of sp³-hybridized carbons (Fsp3) is 0.286. The lowest BCUT2D eigenvalue weighted by atomic mass is 10.1. The number of sulfone groups is 1. The van der Waals surface area contributed by atoms with Crippen LogP contribution in [0.15, 0.2) is 51.8 Å². The van der Waals surface area contributed by atoms with Crippen molar-refractivity contribution >= 4 is 26.7 Å². The zero-order valence-corrected chi connectivity index (χ0v) is 16.5. The van der Waals surface area contributed by atoms with E-state index in [1.165, 1.54) is 6.07 Å². The Morgan fingerprint density at radius 2 is 1.89 bits per heavy atom. The monoisotopic (exact) mass is 399 g/mol. The molecule has 0 spiro atoms. The second kappa shape index (κ2) is 6.98. The van der Waals surface area contributed by atoms with Crippen molar-refractivity contribution in [2.75, 3.05) is 7.11 Å². The zero-order chi connectivity index (χ0) is 19.9. The first-order valence-electron chi connectivity index (χ1n) is 9.07. The Morgan fingerprint density at radius 1 is 1.18 bits per heavy atom. The van der Waals surface area contributed by atoms with Crippen molar-refractivity contribution < 1.29 is 22.4 Å². The molecule has 0 unspecified atom stereocenters. The highest BCUT2D eigenvalue weighted by Gasteiger charge is 2.27. The smallest absolute Gasteiger partial charge is 0.287 e. The standard InChI is InChI=1S/C21H21NO5S/c1-13-18-11-17(28(24,25)12-14-3-7-16(26-2)8-4-14)9-10-19(18)27-20(13)21(23)22-15-5-6-15/h3-4,7-11,15H,5-6,12H2,1-2H3,(H,22,23). The molecule has 4 rings (SSSR count). The number of hydrogen-bond donors (Lipinski definition) is 1. The van der Waals surface area contributed by atoms with E-state index >= 15 is 0 Å². The molecule has 1 N–H and O–H groups in total. The SMILES string of the molecule is COc1ccc(CS(=O)(=O)c2ccc3oc(C(=O)NC4CC4)c(C)c3c2)cc1. The van der Waals surface area contributed by atoms with E-state index in [1.54, 1.807) is 50.4 Å². The second-order valence-corrected chi connectivity index (χ2v) is 9.06. The highest BCUT2D eigenvalue weighted by molar-refractivity contribution is 7.90. The molecule has 6 nitrogen and oxygen atoms in total. The van der Waals surface area contributed by atoms with E-state index in [0.29, 0.717) is 27.8 Å². The molecule has 0 radical (unpaired) electrons. The van der Waals surface area contributed by atoms with Gasteiger partial charge in [0.05, 0.1) is 17.8 Å². The van der Waals surface area contributed by atoms with Crippen LogP contribution in [0.5, 0.6) is 5.75 Å². The van der Waals surface area contributed by atoms with Crippen LogP contribution in [0, 0.1) is 6.92 Å². The Morgan fingerprint density at radius 3 is 2.54 bits per heavy atom. The molecule has 1 aliphatic rings. The normalized spacial score (nSPS) is 14.2. The molecule has 1 aliphatic carbocycles. The number of nitrogens with one attached hydrogen (secondary N) is 1. The molecule has 0 atom stereocenters. The first kappa shape index (κ1) is 18.6. The van der Waals surface area contributed by atoms with E-state index in [4.69, 9.17) is 9.15 Å². The van der Waals surface area contributed by atoms with E-state index in [-0.39, 0.29) is 28.4 Å². The van der Waals surface area contributed by atoms with E-state index in [0.717, 1.165) is 12.8 Å². The average molecular weight is 399 g/mol. The fourth-order valence-electron chi connectivity index (χ4n) is 3.11. The lowest BCUT2D eigenvalue weighted by Gasteiger charge is -2.06. The van der Waals surface area contributed by atoms with Crippen LogP contribution in [0.1, 0.15) is 34.5 Å². The fourth-order valence-corrected chi connectivity index (χ4v) is 4.48. The van der Waals surface area contributed by atoms with Crippen molar-refractivity contribution in [3.63, 3.8) is 0 Å². The van der Waals surface area contributed by atoms with E-state index in [9.17, 15) is 13.2 Å². The summed E-state index contributed by atoms with van der Waals surface area (Å²) in [5.41, 5.74) is 1.82. The molecule has 28 heavy (non-hydrogen) atoms. The van der Waals surface area contributed by atoms with Crippen molar-refractivity contribution in [1.82, 2.24) is 5.32 Å². The molecular weight excluding hydrogens is 378 g/mol. The largest absolute Gasteiger partial charge is 0.497 e. The molecule has 1 saturated carbocycles. The Labute approximate surface area is 163 Å². The maximum absolute atomic E-state index is 12.9. The van der Waals surface area contributed by atoms with Crippen LogP contribution in [0.3, 0.4) is 0 Å². The van der Waals surface area contributed by atoms with Gasteiger partial charge in [0.1, 0.15) is 11.3 Å². The minimum Gasteiger partial charge on any atom is -0.497 e. The van der Waals surface area contributed by atoms with E-state index < -0.39 is 9.84 Å². The molecule has 1 heterocycles. The Hall–Kier alpha value is -2.80. The number of furan rings is 1. The van der Waals surface area contributed by atoms with Gasteiger partial charge < -0.3 is 14.5 Å². The third-order valence-corrected chi connectivity index (χ3v) is 6.59. The highest BCUT2D eigenvalue weighted by atomic mass is 32.2. The summed E-state index contributed by atoms with van der Waals surface area (Å²) in [6.07, 6.45) is 1.97. The predicted molar refractivity (Wildman–Crippen MR) is 105 cm³/mol. The number of rotatable bonds is 6. The first-order chi connectivity index (χ1) is 13.4. The summed E-state index contributed by atoms with van der Waals surface area (Å²) in [4.78, 5) is 12.5. The number of fused-ring (bicyclic) bond motifs is 1. The number of aryl methyl sites for hydroxylation is 1. The van der Waals surface area contributed by atoms with Gasteiger partial charge in [0, 0.05) is 17.0 Å². The van der Waals surface area contributed by atoms with Gasteiger partial charge in [-0.05, 0) is 55.7 Å². The number of hydrogen-bond acceptors (Lipinski definition) is 5. The van der Waals surface area contributed by atoms with Crippen molar-refractivity contribution in [3.05, 3.63) is 59.4 Å². The quantitative estimate of drug-likeness (QED) is 0.684. The van der Waals surface area contributed by atoms with Crippen LogP contribution in [0.2, 0.25) is 0 Å². The van der Waals surface area contributed by atoms with Crippen LogP contribution < -0.4 is 10.1 Å². The van der Waals surface area contributed by atoms with Crippen molar-refractivity contribution in [1.29, 1.82) is 0 Å². The summed E-state index contributed by atoms with van der Waals surface area (Å²) >= 11 is 0. The molecule has 2 aromatic carbocycles. The summed E-state index contributed by atoms with van der Waals surface area (Å²) < 4.78 is 36.5. The first-order valence-corrected chi connectivity index (χ1v) is 10.7. The summed E-state index contributed by atoms with van der Waals surface area (Å²) in [5, 5.41) is 3.53. The number of methoxy groups -OCH3 is 1. The van der Waals surface area contributed by atoms with Crippen LogP contribution in [-0.4, -0.2) is 27.5 Å². The van der Waals surface area contributed by atoms with Gasteiger partial charge in [-0.3, -0.25) is 4.79 Å². The molecular formula is C21H21NO5S. The van der Waals surface area contributed by atoms with Gasteiger partial charge in [0.2, 0.25) is 0 Å². The Balaban J connectivity index is 1.63. The van der Waals surface area contributed by atoms with E-state index in [2.05, 4.69) is 5.32 Å². The molecule has 7 heteroatoms. The summed E-state index contributed by atoms with van der Waals surface area (Å²) in [6, 6.07) is 11.9. The number of benzene rings is 2. The highest BCUT2D eigenvalue weighted by Crippen LogP contribution is 2.30. The molecule has 1 aromatic heterocycles. The van der Waals surface area contributed by atoms with Crippen LogP contribution >= 0.6 is 0 Å². The van der Waals surface area contributed by atoms with Crippen LogP contribution in [-0.2, 0) is 15.6 Å². The Bertz CT molecular complexity index is 1140. The minimum absolute atomic E-state index is 0.117. The van der Waals surface area contributed by atoms with Crippen LogP contribution in [0.4, 0.5) is 0 Å². The van der Waals surface area contributed by atoms with Crippen molar-refractivity contribution in [2.45, 2.75) is 36.5 Å². The van der Waals surface area contributed by atoms with Gasteiger partial charge in [0.15, 0.2) is 15.6 Å². The molecule has 0 bridgehead atoms. The summed E-state index contributed by atoms with van der Waals surface area (Å²) in [5.74, 6) is 0.549. The minimum atomic E-state index is -3.54. The Kier molecular flexibility index (Phi) is 4.63. The van der Waals surface area contributed by atoms with Gasteiger partial charge >= 0.3 is 0 Å². The predicted octanol–water partition coefficient (Wildman–Crippen LogP) is 3.62. The van der Waals surface area contributed by atoms with Gasteiger partial charge in [0.25, 0.3) is 5.91 Å². The zero-order valence-electron chi connectivity index (χ0n) is 15.7. The average Bonchev–Trinajstić information content (AvgIpc) is 3.43. The third-order valence-electron chi connectivity index (χ3n) is 4.90. The summed E-state index contributed by atoms with van der Waals surface area (Å²) in [7, 11) is -1.98. The lowest BCUT2D eigenvalue weighted by molar-refractivity contribution is 0.0924. The van der Waals surface area contributed by atoms with Crippen LogP contribution in [0.25, 0.3) is 11.0 Å². The molecule has 0 aliphatic heterocycles. The molecule has 0 saturated heterocycles. The van der Waals surface area contributed by atoms with Gasteiger partial charge in [-0.1, -0.05) is 12.1 Å². The van der Waals surface area contributed by atoms with Gasteiger partial charge in [-0.25, -0.2) is 8.42 Å². The third kappa shape index (κ3) is 3.62. The number of carbonyl (C=O) groups is 1. The topological polar surface area (TPSA) is 85.6 Å². The molecule has 1 fully saturated rings. The van der Waals surface area contributed by atoms with E-state index in [1.807, 2.05) is 0 Å². The van der Waals surface area contributed by atoms with Gasteiger partial charge in [-0.2, -0.15) is 0 Å². The molecule has 1 amide bonds. The maximum Gasteiger partial charge on any atom is 0.287 e. The van der Waals surface area contributed by atoms with Gasteiger partial charge in [-0.15, -0.1) is 0 Å². The summed E-state index contributed by atoms with van der Waals surface area (Å²) in [6.45, 7) is 1.77. The molecule has 146 valence electrons. The van der Waals surface area contributed by atoms with Crippen molar-refractivity contribution in [3.8, 4) is 5.75 Å². The number of amides is 1. The molecule has 3 aromatic rings. The van der Waals surface area contributed by atoms with Crippen molar-refractivity contribution in [2.24, 2.45) is 0 Å². The number of carbonyl (C=O) groups excluding carboxylic acids is 1. The lowest BCUT2D eigenvalue weighted by Crippen LogP contribution is -2.25. The second-order valence-electron chi connectivity index (χ2n) is 7.07. The maximum atomic E-state index is 12.9.